The van der Waals surface area contributed by atoms with Crippen LogP contribution in [0.4, 0.5) is 5.82 Å². The third-order valence-electron chi connectivity index (χ3n) is 11.0. The summed E-state index contributed by atoms with van der Waals surface area (Å²) in [6, 6.07) is -0.988. The fourth-order valence-electron chi connectivity index (χ4n) is 7.22. The number of carbonyl (C=O) groups excluding carboxylic acids is 3. The number of rotatable bonds is 37. The molecule has 0 saturated carbocycles. The largest absolute Gasteiger partial charge is 0.462 e. The fraction of sp³-hybridized carbons (Fsp3) is 0.886. The molecule has 0 aromatic carbocycles. The van der Waals surface area contributed by atoms with Gasteiger partial charge in [-0.25, -0.2) is 4.68 Å². The Kier molecular flexibility index (Phi) is 30.6. The molecule has 0 bridgehead atoms. The lowest BCUT2D eigenvalue weighted by molar-refractivity contribution is -0.254. The number of ether oxygens (including phenoxy) is 3. The number of carbonyl (C=O) groups is 3. The monoisotopic (exact) mass is 872 g/mol. The molecule has 7 N–H and O–H groups in total. The van der Waals surface area contributed by atoms with Crippen molar-refractivity contribution in [2.75, 3.05) is 30.0 Å². The van der Waals surface area contributed by atoms with Crippen LogP contribution in [0.25, 0.3) is 0 Å². The number of aliphatic hydroxyl groups is 4. The SMILES string of the molecule is CCCCCCCCCCCCCCC(=O)OC[C@H](CSC[C@@H](N)C(=O)Nc1cn([C@H]2OC(CO)C(O)C(O)C2O)nn1)OC(=O)CCCCCCCCCCCCCC. The highest BCUT2D eigenvalue weighted by molar-refractivity contribution is 7.99. The summed E-state index contributed by atoms with van der Waals surface area (Å²) >= 11 is 1.29. The molecule has 0 spiro atoms. The zero-order valence-corrected chi connectivity index (χ0v) is 37.7. The average Bonchev–Trinajstić information content (AvgIpc) is 3.70. The van der Waals surface area contributed by atoms with Crippen molar-refractivity contribution >= 4 is 35.4 Å². The van der Waals surface area contributed by atoms with Gasteiger partial charge in [0.05, 0.1) is 18.8 Å². The zero-order chi connectivity index (χ0) is 43.8. The average molecular weight is 872 g/mol. The van der Waals surface area contributed by atoms with E-state index in [2.05, 4.69) is 29.5 Å². The van der Waals surface area contributed by atoms with Crippen LogP contribution in [0.3, 0.4) is 0 Å². The highest BCUT2D eigenvalue weighted by Gasteiger charge is 2.44. The number of unbranched alkanes of at least 4 members (excludes halogenated alkanes) is 22. The molecule has 1 aromatic rings. The zero-order valence-electron chi connectivity index (χ0n) is 36.9. The van der Waals surface area contributed by atoms with Crippen LogP contribution >= 0.6 is 11.8 Å². The predicted octanol–water partition coefficient (Wildman–Crippen LogP) is 6.89. The third kappa shape index (κ3) is 23.8. The quantitative estimate of drug-likeness (QED) is 0.0296. The summed E-state index contributed by atoms with van der Waals surface area (Å²) in [6.07, 6.45) is 22.8. The van der Waals surface area contributed by atoms with Crippen molar-refractivity contribution < 1.29 is 49.0 Å². The van der Waals surface area contributed by atoms with Gasteiger partial charge in [0.2, 0.25) is 5.91 Å². The Labute approximate surface area is 364 Å². The Bertz CT molecular complexity index is 1260. The molecule has 0 radical (unpaired) electrons. The number of amides is 1. The van der Waals surface area contributed by atoms with Gasteiger partial charge in [0.1, 0.15) is 37.1 Å². The molecule has 0 aliphatic carbocycles. The number of aliphatic hydroxyl groups excluding tert-OH is 4. The lowest BCUT2D eigenvalue weighted by Crippen LogP contribution is -2.56. The summed E-state index contributed by atoms with van der Waals surface area (Å²) in [5.74, 6) is -0.799. The smallest absolute Gasteiger partial charge is 0.306 e. The van der Waals surface area contributed by atoms with E-state index in [1.54, 1.807) is 0 Å². The van der Waals surface area contributed by atoms with Gasteiger partial charge in [-0.3, -0.25) is 14.4 Å². The van der Waals surface area contributed by atoms with Crippen LogP contribution in [-0.2, 0) is 28.6 Å². The maximum Gasteiger partial charge on any atom is 0.306 e. The second-order valence-electron chi connectivity index (χ2n) is 16.5. The maximum atomic E-state index is 12.9. The van der Waals surface area contributed by atoms with Gasteiger partial charge in [0.25, 0.3) is 0 Å². The third-order valence-corrected chi connectivity index (χ3v) is 12.2. The van der Waals surface area contributed by atoms with Gasteiger partial charge in [-0.15, -0.1) is 5.10 Å². The van der Waals surface area contributed by atoms with E-state index in [0.717, 1.165) is 43.2 Å². The Morgan fingerprint density at radius 2 is 1.22 bits per heavy atom. The first kappa shape index (κ1) is 53.8. The van der Waals surface area contributed by atoms with Crippen molar-refractivity contribution in [1.82, 2.24) is 15.0 Å². The van der Waals surface area contributed by atoms with Crippen LogP contribution in [0.1, 0.15) is 187 Å². The number of aromatic nitrogens is 3. The Balaban J connectivity index is 1.76. The Morgan fingerprint density at radius 3 is 1.72 bits per heavy atom. The standard InChI is InChI=1S/C44H81N5O10S/c1-3-5-7-9-11-13-15-17-19-21-23-25-27-38(51)57-31-34(58-39(52)28-26-24-22-20-18-16-14-12-10-8-6-4-2)32-60-33-35(45)43(56)46-37-29-49(48-47-37)44-42(55)41(54)40(53)36(30-50)59-44/h29,34-36,40-42,44,50,53-55H,3-28,30-33,45H2,1-2H3,(H,46,56)/t34-,35-,36?,40?,41?,42?,44+/m1/s1. The van der Waals surface area contributed by atoms with E-state index in [4.69, 9.17) is 19.9 Å². The van der Waals surface area contributed by atoms with Gasteiger partial charge in [0.15, 0.2) is 12.0 Å². The molecule has 7 atom stereocenters. The summed E-state index contributed by atoms with van der Waals surface area (Å²) in [7, 11) is 0. The Morgan fingerprint density at radius 1 is 0.733 bits per heavy atom. The highest BCUT2D eigenvalue weighted by atomic mass is 32.2. The molecule has 1 aromatic heterocycles. The topological polar surface area (TPSA) is 229 Å². The molecule has 16 heteroatoms. The second kappa shape index (κ2) is 34.2. The number of hydrogen-bond donors (Lipinski definition) is 6. The summed E-state index contributed by atoms with van der Waals surface area (Å²) in [5, 5.41) is 50.3. The summed E-state index contributed by atoms with van der Waals surface area (Å²) < 4.78 is 17.9. The van der Waals surface area contributed by atoms with Crippen LogP contribution in [0.2, 0.25) is 0 Å². The summed E-state index contributed by atoms with van der Waals surface area (Å²) in [4.78, 5) is 38.4. The van der Waals surface area contributed by atoms with Crippen LogP contribution in [0.5, 0.6) is 0 Å². The molecule has 1 aliphatic rings. The molecule has 2 heterocycles. The van der Waals surface area contributed by atoms with Gasteiger partial charge < -0.3 is 45.7 Å². The van der Waals surface area contributed by atoms with E-state index >= 15 is 0 Å². The number of hydrogen-bond acceptors (Lipinski definition) is 14. The molecule has 15 nitrogen and oxygen atoms in total. The number of anilines is 1. The minimum atomic E-state index is -1.60. The minimum absolute atomic E-state index is 0.00194. The minimum Gasteiger partial charge on any atom is -0.462 e. The lowest BCUT2D eigenvalue weighted by atomic mass is 9.98. The van der Waals surface area contributed by atoms with Gasteiger partial charge in [0, 0.05) is 24.3 Å². The molecular weight excluding hydrogens is 791 g/mol. The van der Waals surface area contributed by atoms with E-state index in [1.807, 2.05) is 0 Å². The number of esters is 2. The van der Waals surface area contributed by atoms with Gasteiger partial charge >= 0.3 is 11.9 Å². The maximum absolute atomic E-state index is 12.9. The van der Waals surface area contributed by atoms with Crippen molar-refractivity contribution in [1.29, 1.82) is 0 Å². The molecule has 60 heavy (non-hydrogen) atoms. The van der Waals surface area contributed by atoms with E-state index in [0.29, 0.717) is 6.42 Å². The first-order valence-electron chi connectivity index (χ1n) is 23.3. The van der Waals surface area contributed by atoms with Crippen molar-refractivity contribution in [3.63, 3.8) is 0 Å². The normalized spacial score (nSPS) is 20.1. The molecule has 348 valence electrons. The molecule has 1 aliphatic heterocycles. The number of nitrogens with one attached hydrogen (secondary N) is 1. The van der Waals surface area contributed by atoms with E-state index < -0.39 is 55.3 Å². The second-order valence-corrected chi connectivity index (χ2v) is 17.6. The van der Waals surface area contributed by atoms with Crippen molar-refractivity contribution in [2.24, 2.45) is 5.73 Å². The van der Waals surface area contributed by atoms with Crippen LogP contribution in [0.15, 0.2) is 6.20 Å². The summed E-state index contributed by atoms with van der Waals surface area (Å²) in [5.41, 5.74) is 6.17. The lowest BCUT2D eigenvalue weighted by Gasteiger charge is -2.39. The van der Waals surface area contributed by atoms with Crippen LogP contribution in [0, 0.1) is 0 Å². The van der Waals surface area contributed by atoms with E-state index in [1.165, 1.54) is 134 Å². The molecule has 2 rings (SSSR count). The predicted molar refractivity (Wildman–Crippen MR) is 235 cm³/mol. The van der Waals surface area contributed by atoms with E-state index in [-0.39, 0.29) is 42.3 Å². The first-order valence-corrected chi connectivity index (χ1v) is 24.5. The number of nitrogens with zero attached hydrogens (tertiary/aromatic N) is 3. The van der Waals surface area contributed by atoms with Crippen LogP contribution in [-0.4, -0.2) is 115 Å². The molecular formula is C44H81N5O10S. The number of nitrogens with two attached hydrogens (primary N) is 1. The first-order chi connectivity index (χ1) is 29.1. The van der Waals surface area contributed by atoms with Gasteiger partial charge in [-0.1, -0.05) is 160 Å². The van der Waals surface area contributed by atoms with Gasteiger partial charge in [-0.2, -0.15) is 11.8 Å². The van der Waals surface area contributed by atoms with Crippen molar-refractivity contribution in [3.8, 4) is 0 Å². The Hall–Kier alpha value is -2.34. The molecule has 1 fully saturated rings. The molecule has 4 unspecified atom stereocenters. The van der Waals surface area contributed by atoms with Crippen LogP contribution < -0.4 is 11.1 Å². The van der Waals surface area contributed by atoms with E-state index in [9.17, 15) is 34.8 Å². The number of thioether (sulfide) groups is 1. The van der Waals surface area contributed by atoms with Gasteiger partial charge in [-0.05, 0) is 12.8 Å². The highest BCUT2D eigenvalue weighted by Crippen LogP contribution is 2.28. The fourth-order valence-corrected chi connectivity index (χ4v) is 8.19. The van der Waals surface area contributed by atoms with Crippen molar-refractivity contribution in [3.05, 3.63) is 6.20 Å². The molecule has 1 amide bonds. The van der Waals surface area contributed by atoms with Crippen molar-refractivity contribution in [2.45, 2.75) is 224 Å². The summed E-state index contributed by atoms with van der Waals surface area (Å²) in [6.45, 7) is 3.80. The molecule has 1 saturated heterocycles.